The Labute approximate surface area is 247 Å². The molecule has 0 rings (SSSR count). The van der Waals surface area contributed by atoms with E-state index >= 15 is 0 Å². The largest absolute Gasteiger partial charge is 0.480 e. The molecule has 1 amide bonds. The van der Waals surface area contributed by atoms with E-state index in [-0.39, 0.29) is 24.7 Å². The second-order valence-corrected chi connectivity index (χ2v) is 11.7. The zero-order valence-electron chi connectivity index (χ0n) is 26.5. The Hall–Kier alpha value is -1.59. The van der Waals surface area contributed by atoms with Gasteiger partial charge >= 0.3 is 11.9 Å². The van der Waals surface area contributed by atoms with Crippen molar-refractivity contribution in [1.29, 1.82) is 0 Å². The monoisotopic (exact) mass is 567 g/mol. The van der Waals surface area contributed by atoms with Gasteiger partial charge in [0.1, 0.15) is 6.04 Å². The van der Waals surface area contributed by atoms with Gasteiger partial charge in [-0.3, -0.25) is 9.59 Å². The first-order valence-corrected chi connectivity index (χ1v) is 17.2. The fourth-order valence-corrected chi connectivity index (χ4v) is 5.11. The number of hydrogen-bond acceptors (Lipinski definition) is 4. The number of carboxylic acid groups (broad SMARTS) is 1. The topological polar surface area (TPSA) is 92.7 Å². The van der Waals surface area contributed by atoms with Crippen molar-refractivity contribution in [2.75, 3.05) is 6.61 Å². The van der Waals surface area contributed by atoms with Gasteiger partial charge in [0.25, 0.3) is 0 Å². The van der Waals surface area contributed by atoms with Gasteiger partial charge in [0.05, 0.1) is 6.61 Å². The van der Waals surface area contributed by atoms with Crippen LogP contribution in [0.15, 0.2) is 0 Å². The summed E-state index contributed by atoms with van der Waals surface area (Å²) in [5.74, 6) is -1.73. The third-order valence-corrected chi connectivity index (χ3v) is 7.79. The van der Waals surface area contributed by atoms with Crippen LogP contribution in [-0.2, 0) is 19.1 Å². The molecule has 0 bridgehead atoms. The molecule has 0 heterocycles. The molecule has 6 nitrogen and oxygen atoms in total. The molecule has 0 spiro atoms. The number of carbonyl (C=O) groups excluding carboxylic acids is 2. The Morgan fingerprint density at radius 3 is 1.32 bits per heavy atom. The number of unbranched alkanes of at least 4 members (excludes halogenated alkanes) is 22. The van der Waals surface area contributed by atoms with Crippen molar-refractivity contribution in [3.8, 4) is 0 Å². The molecule has 0 aliphatic rings. The van der Waals surface area contributed by atoms with Crippen molar-refractivity contribution in [3.05, 3.63) is 0 Å². The predicted octanol–water partition coefficient (Wildman–Crippen LogP) is 9.67. The number of rotatable bonds is 31. The molecule has 236 valence electrons. The van der Waals surface area contributed by atoms with Crippen LogP contribution in [-0.4, -0.2) is 35.6 Å². The molecule has 0 unspecified atom stereocenters. The summed E-state index contributed by atoms with van der Waals surface area (Å²) < 4.78 is 5.28. The number of amides is 1. The third kappa shape index (κ3) is 28.0. The van der Waals surface area contributed by atoms with Crippen LogP contribution < -0.4 is 5.32 Å². The number of nitrogens with one attached hydrogen (secondary N) is 1. The molecule has 0 aromatic heterocycles. The van der Waals surface area contributed by atoms with E-state index in [1.54, 1.807) is 0 Å². The van der Waals surface area contributed by atoms with E-state index in [4.69, 9.17) is 4.74 Å². The summed E-state index contributed by atoms with van der Waals surface area (Å²) in [7, 11) is 0. The van der Waals surface area contributed by atoms with Crippen LogP contribution in [0.25, 0.3) is 0 Å². The van der Waals surface area contributed by atoms with Crippen molar-refractivity contribution in [1.82, 2.24) is 5.32 Å². The van der Waals surface area contributed by atoms with Gasteiger partial charge in [-0.1, -0.05) is 155 Å². The number of carbonyl (C=O) groups is 3. The molecule has 1 atom stereocenters. The Kier molecular flexibility index (Phi) is 29.2. The van der Waals surface area contributed by atoms with Gasteiger partial charge in [-0.2, -0.15) is 0 Å². The van der Waals surface area contributed by atoms with E-state index in [2.05, 4.69) is 19.2 Å². The molecule has 40 heavy (non-hydrogen) atoms. The highest BCUT2D eigenvalue weighted by molar-refractivity contribution is 5.84. The fourth-order valence-electron chi connectivity index (χ4n) is 5.11. The van der Waals surface area contributed by atoms with Crippen LogP contribution in [0.2, 0.25) is 0 Å². The van der Waals surface area contributed by atoms with Gasteiger partial charge in [0.15, 0.2) is 0 Å². The molecule has 2 N–H and O–H groups in total. The molecule has 0 aliphatic carbocycles. The van der Waals surface area contributed by atoms with E-state index < -0.39 is 12.0 Å². The number of hydrogen-bond donors (Lipinski definition) is 2. The zero-order valence-corrected chi connectivity index (χ0v) is 26.5. The Morgan fingerprint density at radius 2 is 0.925 bits per heavy atom. The summed E-state index contributed by atoms with van der Waals surface area (Å²) in [6.07, 6.45) is 30.2. The van der Waals surface area contributed by atoms with Crippen LogP contribution in [0.3, 0.4) is 0 Å². The zero-order chi connectivity index (χ0) is 29.5. The third-order valence-electron chi connectivity index (χ3n) is 7.79. The van der Waals surface area contributed by atoms with Gasteiger partial charge in [-0.05, 0) is 19.3 Å². The molecular formula is C34H65NO5. The summed E-state index contributed by atoms with van der Waals surface area (Å²) in [5.41, 5.74) is 0. The van der Waals surface area contributed by atoms with E-state index in [0.717, 1.165) is 32.1 Å². The number of aliphatic carboxylic acids is 1. The maximum atomic E-state index is 12.2. The predicted molar refractivity (Wildman–Crippen MR) is 167 cm³/mol. The lowest BCUT2D eigenvalue weighted by Crippen LogP contribution is -2.41. The van der Waals surface area contributed by atoms with Crippen LogP contribution >= 0.6 is 0 Å². The number of ether oxygens (including phenoxy) is 1. The summed E-state index contributed by atoms with van der Waals surface area (Å²) in [6.45, 7) is 4.88. The van der Waals surface area contributed by atoms with Crippen molar-refractivity contribution in [2.24, 2.45) is 0 Å². The summed E-state index contributed by atoms with van der Waals surface area (Å²) in [5, 5.41) is 12.0. The average Bonchev–Trinajstić information content (AvgIpc) is 2.94. The molecule has 0 aromatic carbocycles. The summed E-state index contributed by atoms with van der Waals surface area (Å²) in [4.78, 5) is 35.7. The second kappa shape index (κ2) is 30.4. The average molecular weight is 568 g/mol. The van der Waals surface area contributed by atoms with Gasteiger partial charge in [0, 0.05) is 12.8 Å². The molecule has 6 heteroatoms. The van der Waals surface area contributed by atoms with Crippen molar-refractivity contribution >= 4 is 17.8 Å². The first-order valence-electron chi connectivity index (χ1n) is 17.2. The van der Waals surface area contributed by atoms with E-state index in [0.29, 0.717) is 13.0 Å². The summed E-state index contributed by atoms with van der Waals surface area (Å²) >= 11 is 0. The first-order chi connectivity index (χ1) is 19.5. The normalized spacial score (nSPS) is 11.8. The van der Waals surface area contributed by atoms with Crippen LogP contribution in [0.4, 0.5) is 0 Å². The van der Waals surface area contributed by atoms with Crippen LogP contribution in [0.1, 0.15) is 187 Å². The summed E-state index contributed by atoms with van der Waals surface area (Å²) in [6, 6.07) is -1.04. The number of carboxylic acids is 1. The second-order valence-electron chi connectivity index (χ2n) is 11.7. The van der Waals surface area contributed by atoms with Crippen LogP contribution in [0.5, 0.6) is 0 Å². The molecule has 0 aliphatic heterocycles. The minimum atomic E-state index is -1.10. The minimum Gasteiger partial charge on any atom is -0.480 e. The van der Waals surface area contributed by atoms with Crippen molar-refractivity contribution in [2.45, 2.75) is 193 Å². The van der Waals surface area contributed by atoms with Crippen molar-refractivity contribution in [3.63, 3.8) is 0 Å². The molecule has 0 saturated carbocycles. The quantitative estimate of drug-likeness (QED) is 0.0642. The number of esters is 1. The molecule has 0 saturated heterocycles. The van der Waals surface area contributed by atoms with Crippen molar-refractivity contribution < 1.29 is 24.2 Å². The van der Waals surface area contributed by atoms with E-state index in [1.807, 2.05) is 0 Å². The fraction of sp³-hybridized carbons (Fsp3) is 0.912. The smallest absolute Gasteiger partial charge is 0.326 e. The lowest BCUT2D eigenvalue weighted by Gasteiger charge is -2.14. The SMILES string of the molecule is CCCCCCCCCCCCCCCCOC(=O)CC[C@H](NC(=O)CCCCCCCCCCCC)C(=O)O. The molecule has 0 fully saturated rings. The van der Waals surface area contributed by atoms with Crippen LogP contribution in [0, 0.1) is 0 Å². The van der Waals surface area contributed by atoms with E-state index in [9.17, 15) is 19.5 Å². The maximum Gasteiger partial charge on any atom is 0.326 e. The minimum absolute atomic E-state index is 0.00804. The Balaban J connectivity index is 3.65. The lowest BCUT2D eigenvalue weighted by atomic mass is 10.0. The molecule has 0 aromatic rings. The lowest BCUT2D eigenvalue weighted by molar-refractivity contribution is -0.145. The highest BCUT2D eigenvalue weighted by Gasteiger charge is 2.21. The highest BCUT2D eigenvalue weighted by Crippen LogP contribution is 2.14. The Bertz CT molecular complexity index is 595. The van der Waals surface area contributed by atoms with Gasteiger partial charge in [-0.15, -0.1) is 0 Å². The molecular weight excluding hydrogens is 502 g/mol. The van der Waals surface area contributed by atoms with E-state index in [1.165, 1.54) is 122 Å². The maximum absolute atomic E-state index is 12.2. The standard InChI is InChI=1S/C34H65NO5/c1-3-5-7-9-11-13-15-16-17-18-20-22-24-26-30-40-33(37)29-28-31(34(38)39)35-32(36)27-25-23-21-19-14-12-10-8-6-4-2/h31H,3-30H2,1-2H3,(H,35,36)(H,38,39)/t31-/m0/s1. The van der Waals surface area contributed by atoms with Gasteiger partial charge < -0.3 is 15.2 Å². The first kappa shape index (κ1) is 38.4. The Morgan fingerprint density at radius 1 is 0.550 bits per heavy atom. The van der Waals surface area contributed by atoms with Gasteiger partial charge in [-0.25, -0.2) is 4.79 Å². The van der Waals surface area contributed by atoms with Gasteiger partial charge in [0.2, 0.25) is 5.91 Å². The molecule has 0 radical (unpaired) electrons. The highest BCUT2D eigenvalue weighted by atomic mass is 16.5.